The highest BCUT2D eigenvalue weighted by Crippen LogP contribution is 2.33. The lowest BCUT2D eigenvalue weighted by molar-refractivity contribution is -0.129. The first kappa shape index (κ1) is 15.7. The van der Waals surface area contributed by atoms with Crippen LogP contribution in [-0.2, 0) is 15.0 Å². The first-order chi connectivity index (χ1) is 11.0. The standard InChI is InChI=1S/C17H16FNO3S/c18-23(21,22)15-11-16(20)19(12-15)17(13-7-3-1-4-8-13)14-9-5-2-6-10-14/h1-10,15,17H,11-12H2. The lowest BCUT2D eigenvalue weighted by atomic mass is 9.97. The molecule has 23 heavy (non-hydrogen) atoms. The fraction of sp³-hybridized carbons (Fsp3) is 0.235. The third-order valence-corrected chi connectivity index (χ3v) is 5.18. The average Bonchev–Trinajstić information content (AvgIpc) is 2.92. The van der Waals surface area contributed by atoms with E-state index in [1.54, 1.807) is 0 Å². The van der Waals surface area contributed by atoms with Crippen LogP contribution < -0.4 is 0 Å². The summed E-state index contributed by atoms with van der Waals surface area (Å²) < 4.78 is 35.7. The van der Waals surface area contributed by atoms with E-state index in [0.29, 0.717) is 0 Å². The lowest BCUT2D eigenvalue weighted by Crippen LogP contribution is -2.32. The number of nitrogens with zero attached hydrogens (tertiary/aromatic N) is 1. The Kier molecular flexibility index (Phi) is 4.17. The van der Waals surface area contributed by atoms with Crippen LogP contribution in [0.2, 0.25) is 0 Å². The maximum absolute atomic E-state index is 13.3. The van der Waals surface area contributed by atoms with E-state index in [1.165, 1.54) is 4.90 Å². The smallest absolute Gasteiger partial charge is 0.307 e. The molecule has 1 saturated heterocycles. The normalized spacial score (nSPS) is 18.6. The van der Waals surface area contributed by atoms with E-state index in [-0.39, 0.29) is 18.9 Å². The van der Waals surface area contributed by atoms with Crippen molar-refractivity contribution in [2.75, 3.05) is 6.54 Å². The highest BCUT2D eigenvalue weighted by molar-refractivity contribution is 7.87. The molecule has 0 aromatic heterocycles. The van der Waals surface area contributed by atoms with Gasteiger partial charge < -0.3 is 4.90 Å². The number of likely N-dealkylation sites (tertiary alicyclic amines) is 1. The second-order valence-electron chi connectivity index (χ2n) is 5.57. The van der Waals surface area contributed by atoms with Crippen molar-refractivity contribution in [2.45, 2.75) is 17.7 Å². The summed E-state index contributed by atoms with van der Waals surface area (Å²) in [5, 5.41) is -1.29. The molecule has 1 unspecified atom stereocenters. The van der Waals surface area contributed by atoms with E-state index in [1.807, 2.05) is 60.7 Å². The van der Waals surface area contributed by atoms with Gasteiger partial charge in [0.2, 0.25) is 5.91 Å². The van der Waals surface area contributed by atoms with Gasteiger partial charge in [0.15, 0.2) is 0 Å². The molecular weight excluding hydrogens is 317 g/mol. The van der Waals surface area contributed by atoms with E-state index in [2.05, 4.69) is 0 Å². The highest BCUT2D eigenvalue weighted by atomic mass is 32.3. The molecule has 1 atom stereocenters. The summed E-state index contributed by atoms with van der Waals surface area (Å²) in [5.74, 6) is -0.353. The molecule has 1 heterocycles. The first-order valence-corrected chi connectivity index (χ1v) is 8.74. The van der Waals surface area contributed by atoms with Crippen molar-refractivity contribution < 1.29 is 17.1 Å². The molecule has 2 aromatic carbocycles. The Morgan fingerprint density at radius 2 is 1.43 bits per heavy atom. The van der Waals surface area contributed by atoms with Crippen molar-refractivity contribution in [3.63, 3.8) is 0 Å². The third-order valence-electron chi connectivity index (χ3n) is 4.06. The Morgan fingerprint density at radius 3 is 1.83 bits per heavy atom. The van der Waals surface area contributed by atoms with Crippen LogP contribution in [0.25, 0.3) is 0 Å². The molecule has 1 amide bonds. The molecule has 0 saturated carbocycles. The number of halogens is 1. The predicted molar refractivity (Wildman–Crippen MR) is 84.9 cm³/mol. The molecule has 0 radical (unpaired) electrons. The molecule has 0 bridgehead atoms. The molecule has 6 heteroatoms. The number of hydrogen-bond acceptors (Lipinski definition) is 3. The van der Waals surface area contributed by atoms with Crippen LogP contribution in [0.3, 0.4) is 0 Å². The monoisotopic (exact) mass is 333 g/mol. The Labute approximate surface area is 134 Å². The molecule has 120 valence electrons. The second kappa shape index (κ2) is 6.12. The predicted octanol–water partition coefficient (Wildman–Crippen LogP) is 2.68. The van der Waals surface area contributed by atoms with Crippen molar-refractivity contribution in [3.8, 4) is 0 Å². The van der Waals surface area contributed by atoms with E-state index < -0.39 is 21.5 Å². The van der Waals surface area contributed by atoms with Crippen LogP contribution in [0.5, 0.6) is 0 Å². The van der Waals surface area contributed by atoms with Gasteiger partial charge in [0.25, 0.3) is 0 Å². The van der Waals surface area contributed by atoms with E-state index >= 15 is 0 Å². The van der Waals surface area contributed by atoms with Gasteiger partial charge in [-0.25, -0.2) is 0 Å². The third kappa shape index (κ3) is 3.27. The minimum absolute atomic E-state index is 0.133. The van der Waals surface area contributed by atoms with E-state index in [0.717, 1.165) is 11.1 Å². The molecule has 0 aliphatic carbocycles. The van der Waals surface area contributed by atoms with Gasteiger partial charge in [0.1, 0.15) is 5.25 Å². The van der Waals surface area contributed by atoms with Gasteiger partial charge in [-0.1, -0.05) is 60.7 Å². The molecule has 0 spiro atoms. The zero-order valence-electron chi connectivity index (χ0n) is 12.3. The van der Waals surface area contributed by atoms with Gasteiger partial charge in [-0.15, -0.1) is 3.89 Å². The SMILES string of the molecule is O=C1CC(S(=O)(=O)F)CN1C(c1ccccc1)c1ccccc1. The van der Waals surface area contributed by atoms with Gasteiger partial charge in [0, 0.05) is 13.0 Å². The average molecular weight is 333 g/mol. The largest absolute Gasteiger partial charge is 0.330 e. The molecule has 3 rings (SSSR count). The molecule has 2 aromatic rings. The van der Waals surface area contributed by atoms with Crippen LogP contribution in [-0.4, -0.2) is 31.0 Å². The topological polar surface area (TPSA) is 54.5 Å². The van der Waals surface area contributed by atoms with Gasteiger partial charge in [-0.05, 0) is 11.1 Å². The lowest BCUT2D eigenvalue weighted by Gasteiger charge is -2.29. The zero-order valence-corrected chi connectivity index (χ0v) is 13.1. The fourth-order valence-electron chi connectivity index (χ4n) is 2.96. The highest BCUT2D eigenvalue weighted by Gasteiger charge is 2.42. The molecular formula is C17H16FNO3S. The number of benzene rings is 2. The molecule has 4 nitrogen and oxygen atoms in total. The molecule has 1 fully saturated rings. The summed E-state index contributed by atoms with van der Waals surface area (Å²) in [5.41, 5.74) is 1.73. The first-order valence-electron chi connectivity index (χ1n) is 7.29. The quantitative estimate of drug-likeness (QED) is 0.809. The second-order valence-corrected chi connectivity index (χ2v) is 7.19. The van der Waals surface area contributed by atoms with Crippen LogP contribution in [0.4, 0.5) is 3.89 Å². The summed E-state index contributed by atoms with van der Waals surface area (Å²) in [4.78, 5) is 13.8. The van der Waals surface area contributed by atoms with Crippen molar-refractivity contribution in [1.29, 1.82) is 0 Å². The number of carbonyl (C=O) groups is 1. The van der Waals surface area contributed by atoms with E-state index in [9.17, 15) is 17.1 Å². The van der Waals surface area contributed by atoms with Gasteiger partial charge in [-0.3, -0.25) is 4.79 Å². The van der Waals surface area contributed by atoms with Crippen LogP contribution >= 0.6 is 0 Å². The fourth-order valence-corrected chi connectivity index (χ4v) is 3.64. The Hall–Kier alpha value is -2.21. The Morgan fingerprint density at radius 1 is 0.957 bits per heavy atom. The van der Waals surface area contributed by atoms with Crippen LogP contribution in [0.1, 0.15) is 23.6 Å². The summed E-state index contributed by atoms with van der Waals surface area (Å²) >= 11 is 0. The minimum atomic E-state index is -4.73. The summed E-state index contributed by atoms with van der Waals surface area (Å²) in [7, 11) is -4.73. The molecule has 0 N–H and O–H groups in total. The van der Waals surface area contributed by atoms with Gasteiger partial charge in [-0.2, -0.15) is 8.42 Å². The van der Waals surface area contributed by atoms with E-state index in [4.69, 9.17) is 0 Å². The summed E-state index contributed by atoms with van der Waals surface area (Å²) in [6.45, 7) is -0.133. The van der Waals surface area contributed by atoms with Crippen molar-refractivity contribution >= 4 is 16.1 Å². The van der Waals surface area contributed by atoms with Crippen molar-refractivity contribution in [1.82, 2.24) is 4.90 Å². The van der Waals surface area contributed by atoms with Crippen LogP contribution in [0.15, 0.2) is 60.7 Å². The molecule has 1 aliphatic heterocycles. The summed E-state index contributed by atoms with van der Waals surface area (Å²) in [6.07, 6.45) is -0.311. The van der Waals surface area contributed by atoms with Crippen LogP contribution in [0, 0.1) is 0 Å². The number of hydrogen-bond donors (Lipinski definition) is 0. The van der Waals surface area contributed by atoms with Gasteiger partial charge in [0.05, 0.1) is 6.04 Å². The molecule has 1 aliphatic rings. The van der Waals surface area contributed by atoms with Gasteiger partial charge >= 0.3 is 10.2 Å². The minimum Gasteiger partial charge on any atom is -0.330 e. The Balaban J connectivity index is 2.02. The zero-order chi connectivity index (χ0) is 16.4. The van der Waals surface area contributed by atoms with Crippen molar-refractivity contribution in [2.24, 2.45) is 0 Å². The number of carbonyl (C=O) groups excluding carboxylic acids is 1. The van der Waals surface area contributed by atoms with Crippen molar-refractivity contribution in [3.05, 3.63) is 71.8 Å². The number of rotatable bonds is 4. The summed E-state index contributed by atoms with van der Waals surface area (Å²) in [6, 6.07) is 18.2. The number of amides is 1. The maximum atomic E-state index is 13.3. The maximum Gasteiger partial charge on any atom is 0.307 e. The Bertz CT molecular complexity index is 754.